The molecule has 18 heavy (non-hydrogen) atoms. The summed E-state index contributed by atoms with van der Waals surface area (Å²) in [5.74, 6) is -0.00680. The van der Waals surface area contributed by atoms with Crippen LogP contribution in [0, 0.1) is 6.92 Å². The molecule has 1 N–H and O–H groups in total. The molecule has 1 fully saturated rings. The summed E-state index contributed by atoms with van der Waals surface area (Å²) < 4.78 is 0. The molecule has 0 bridgehead atoms. The molecule has 0 spiro atoms. The molecule has 2 rings (SSSR count). The molecule has 0 aliphatic carbocycles. The molecule has 1 aliphatic heterocycles. The highest BCUT2D eigenvalue weighted by Gasteiger charge is 2.30. The number of aromatic nitrogens is 1. The summed E-state index contributed by atoms with van der Waals surface area (Å²) in [6, 6.07) is 3.63. The zero-order valence-electron chi connectivity index (χ0n) is 11.4. The summed E-state index contributed by atoms with van der Waals surface area (Å²) in [4.78, 5) is 18.7. The lowest BCUT2D eigenvalue weighted by molar-refractivity contribution is 0.0851. The summed E-state index contributed by atoms with van der Waals surface area (Å²) in [5, 5.41) is 3.17. The van der Waals surface area contributed by atoms with Crippen molar-refractivity contribution < 1.29 is 4.79 Å². The number of likely N-dealkylation sites (tertiary alicyclic amines) is 1. The molecule has 1 aromatic heterocycles. The minimum Gasteiger partial charge on any atom is -0.347 e. The smallest absolute Gasteiger partial charge is 0.253 e. The second-order valence-electron chi connectivity index (χ2n) is 5.45. The summed E-state index contributed by atoms with van der Waals surface area (Å²) in [6.45, 7) is 6.06. The number of nitrogens with one attached hydrogen (secondary N) is 1. The standard InChI is InChI=1S/C14H21N3O/c1-11-12(5-4-8-15-11)13(18)16-14(2)6-9-17(3)10-7-14/h4-5,8H,6-7,9-10H2,1-3H3,(H,16,18). The van der Waals surface area contributed by atoms with Gasteiger partial charge in [-0.3, -0.25) is 9.78 Å². The zero-order chi connectivity index (χ0) is 13.2. The van der Waals surface area contributed by atoms with E-state index in [-0.39, 0.29) is 11.4 Å². The molecule has 0 aromatic carbocycles. The van der Waals surface area contributed by atoms with E-state index < -0.39 is 0 Å². The van der Waals surface area contributed by atoms with Gasteiger partial charge in [-0.25, -0.2) is 0 Å². The second kappa shape index (κ2) is 5.06. The average molecular weight is 247 g/mol. The number of carbonyl (C=O) groups is 1. The van der Waals surface area contributed by atoms with Crippen LogP contribution >= 0.6 is 0 Å². The highest BCUT2D eigenvalue weighted by molar-refractivity contribution is 5.95. The molecule has 0 atom stereocenters. The lowest BCUT2D eigenvalue weighted by Gasteiger charge is -2.38. The van der Waals surface area contributed by atoms with Crippen LogP contribution in [-0.2, 0) is 0 Å². The largest absolute Gasteiger partial charge is 0.347 e. The molecule has 1 aliphatic rings. The Balaban J connectivity index is 2.06. The van der Waals surface area contributed by atoms with Gasteiger partial charge in [0.2, 0.25) is 0 Å². The highest BCUT2D eigenvalue weighted by atomic mass is 16.1. The maximum Gasteiger partial charge on any atom is 0.253 e. The number of amides is 1. The Morgan fingerprint density at radius 2 is 2.11 bits per heavy atom. The normalized spacial score (nSPS) is 19.5. The van der Waals surface area contributed by atoms with Gasteiger partial charge in [0, 0.05) is 30.5 Å². The van der Waals surface area contributed by atoms with Gasteiger partial charge in [0.15, 0.2) is 0 Å². The third-order valence-corrected chi connectivity index (χ3v) is 3.76. The first kappa shape index (κ1) is 13.0. The molecule has 0 unspecified atom stereocenters. The molecule has 2 heterocycles. The van der Waals surface area contributed by atoms with E-state index >= 15 is 0 Å². The van der Waals surface area contributed by atoms with E-state index in [1.54, 1.807) is 12.3 Å². The lowest BCUT2D eigenvalue weighted by atomic mass is 9.89. The predicted octanol–water partition coefficient (Wildman–Crippen LogP) is 1.60. The maximum absolute atomic E-state index is 12.3. The number of aryl methyl sites for hydroxylation is 1. The Hall–Kier alpha value is -1.42. The van der Waals surface area contributed by atoms with Crippen molar-refractivity contribution in [2.24, 2.45) is 0 Å². The third kappa shape index (κ3) is 2.88. The van der Waals surface area contributed by atoms with E-state index in [2.05, 4.69) is 29.2 Å². The summed E-state index contributed by atoms with van der Waals surface area (Å²) >= 11 is 0. The van der Waals surface area contributed by atoms with Crippen molar-refractivity contribution in [3.8, 4) is 0 Å². The number of rotatable bonds is 2. The number of hydrogen-bond acceptors (Lipinski definition) is 3. The Kier molecular flexibility index (Phi) is 3.66. The molecule has 98 valence electrons. The Labute approximate surface area is 108 Å². The molecule has 1 aromatic rings. The zero-order valence-corrected chi connectivity index (χ0v) is 11.4. The van der Waals surface area contributed by atoms with Crippen molar-refractivity contribution in [3.63, 3.8) is 0 Å². The number of piperidine rings is 1. The van der Waals surface area contributed by atoms with Crippen LogP contribution in [0.1, 0.15) is 35.8 Å². The highest BCUT2D eigenvalue weighted by Crippen LogP contribution is 2.21. The van der Waals surface area contributed by atoms with E-state index in [0.29, 0.717) is 5.56 Å². The molecule has 1 amide bonds. The quantitative estimate of drug-likeness (QED) is 0.863. The minimum atomic E-state index is -0.0914. The topological polar surface area (TPSA) is 45.2 Å². The average Bonchev–Trinajstić information content (AvgIpc) is 2.34. The molecule has 0 saturated carbocycles. The fourth-order valence-electron chi connectivity index (χ4n) is 2.30. The van der Waals surface area contributed by atoms with Crippen molar-refractivity contribution >= 4 is 5.91 Å². The van der Waals surface area contributed by atoms with Crippen molar-refractivity contribution in [2.45, 2.75) is 32.2 Å². The van der Waals surface area contributed by atoms with E-state index in [0.717, 1.165) is 31.6 Å². The van der Waals surface area contributed by atoms with Gasteiger partial charge in [0.25, 0.3) is 5.91 Å². The SMILES string of the molecule is Cc1ncccc1C(=O)NC1(C)CCN(C)CC1. The number of carbonyl (C=O) groups excluding carboxylic acids is 1. The first-order valence-electron chi connectivity index (χ1n) is 6.43. The van der Waals surface area contributed by atoms with Gasteiger partial charge < -0.3 is 10.2 Å². The molecular weight excluding hydrogens is 226 g/mol. The first-order chi connectivity index (χ1) is 8.50. The van der Waals surface area contributed by atoms with Crippen LogP contribution in [0.15, 0.2) is 18.3 Å². The fraction of sp³-hybridized carbons (Fsp3) is 0.571. The van der Waals surface area contributed by atoms with Gasteiger partial charge in [0.05, 0.1) is 5.56 Å². The molecule has 4 heteroatoms. The van der Waals surface area contributed by atoms with Gasteiger partial charge in [-0.05, 0) is 45.9 Å². The Bertz CT molecular complexity index is 436. The summed E-state index contributed by atoms with van der Waals surface area (Å²) in [6.07, 6.45) is 3.70. The fourth-order valence-corrected chi connectivity index (χ4v) is 2.30. The maximum atomic E-state index is 12.3. The molecule has 1 saturated heterocycles. The van der Waals surface area contributed by atoms with E-state index in [1.165, 1.54) is 0 Å². The van der Waals surface area contributed by atoms with E-state index in [1.807, 2.05) is 13.0 Å². The van der Waals surface area contributed by atoms with E-state index in [4.69, 9.17) is 0 Å². The number of nitrogens with zero attached hydrogens (tertiary/aromatic N) is 2. The van der Waals surface area contributed by atoms with Crippen LogP contribution < -0.4 is 5.32 Å². The molecule has 4 nitrogen and oxygen atoms in total. The third-order valence-electron chi connectivity index (χ3n) is 3.76. The van der Waals surface area contributed by atoms with Crippen LogP contribution in [0.25, 0.3) is 0 Å². The van der Waals surface area contributed by atoms with E-state index in [9.17, 15) is 4.79 Å². The Morgan fingerprint density at radius 1 is 1.44 bits per heavy atom. The summed E-state index contributed by atoms with van der Waals surface area (Å²) in [5.41, 5.74) is 1.37. The van der Waals surface area contributed by atoms with Gasteiger partial charge in [-0.2, -0.15) is 0 Å². The lowest BCUT2D eigenvalue weighted by Crippen LogP contribution is -2.52. The number of hydrogen-bond donors (Lipinski definition) is 1. The summed E-state index contributed by atoms with van der Waals surface area (Å²) in [7, 11) is 2.12. The first-order valence-corrected chi connectivity index (χ1v) is 6.43. The minimum absolute atomic E-state index is 0.00680. The van der Waals surface area contributed by atoms with Gasteiger partial charge in [-0.15, -0.1) is 0 Å². The predicted molar refractivity (Wildman–Crippen MR) is 71.6 cm³/mol. The van der Waals surface area contributed by atoms with Crippen molar-refractivity contribution in [1.82, 2.24) is 15.2 Å². The second-order valence-corrected chi connectivity index (χ2v) is 5.45. The van der Waals surface area contributed by atoms with Crippen molar-refractivity contribution in [2.75, 3.05) is 20.1 Å². The van der Waals surface area contributed by atoms with Crippen molar-refractivity contribution in [3.05, 3.63) is 29.6 Å². The van der Waals surface area contributed by atoms with Gasteiger partial charge in [0.1, 0.15) is 0 Å². The Morgan fingerprint density at radius 3 is 2.72 bits per heavy atom. The van der Waals surface area contributed by atoms with Gasteiger partial charge >= 0.3 is 0 Å². The number of pyridine rings is 1. The monoisotopic (exact) mass is 247 g/mol. The van der Waals surface area contributed by atoms with Crippen molar-refractivity contribution in [1.29, 1.82) is 0 Å². The molecular formula is C14H21N3O. The van der Waals surface area contributed by atoms with Gasteiger partial charge in [-0.1, -0.05) is 0 Å². The van der Waals surface area contributed by atoms with Crippen LogP contribution in [-0.4, -0.2) is 41.5 Å². The van der Waals surface area contributed by atoms with Crippen LogP contribution in [0.3, 0.4) is 0 Å². The van der Waals surface area contributed by atoms with Crippen LogP contribution in [0.4, 0.5) is 0 Å². The molecule has 0 radical (unpaired) electrons. The van der Waals surface area contributed by atoms with Crippen LogP contribution in [0.5, 0.6) is 0 Å². The van der Waals surface area contributed by atoms with Crippen LogP contribution in [0.2, 0.25) is 0 Å².